The summed E-state index contributed by atoms with van der Waals surface area (Å²) in [4.78, 5) is 16.2. The largest absolute Gasteiger partial charge is 0.344 e. The minimum absolute atomic E-state index is 0.146. The highest BCUT2D eigenvalue weighted by molar-refractivity contribution is 5.74. The van der Waals surface area contributed by atoms with E-state index >= 15 is 0 Å². The SMILES string of the molecule is CC(c1nc2c([nH]1)CNCC2)c1nc2ccccc2[nH]1. The van der Waals surface area contributed by atoms with E-state index < -0.39 is 0 Å². The molecule has 0 fully saturated rings. The fourth-order valence-corrected chi connectivity index (χ4v) is 2.75. The summed E-state index contributed by atoms with van der Waals surface area (Å²) in [5.41, 5.74) is 4.50. The van der Waals surface area contributed by atoms with Gasteiger partial charge in [0.2, 0.25) is 0 Å². The van der Waals surface area contributed by atoms with Crippen molar-refractivity contribution in [2.24, 2.45) is 0 Å². The number of benzene rings is 1. The molecule has 0 bridgehead atoms. The van der Waals surface area contributed by atoms with Gasteiger partial charge in [0, 0.05) is 19.5 Å². The highest BCUT2D eigenvalue weighted by Crippen LogP contribution is 2.24. The second kappa shape index (κ2) is 4.45. The zero-order valence-electron chi connectivity index (χ0n) is 11.4. The van der Waals surface area contributed by atoms with E-state index in [1.54, 1.807) is 0 Å². The molecule has 0 radical (unpaired) electrons. The summed E-state index contributed by atoms with van der Waals surface area (Å²) in [7, 11) is 0. The number of nitrogens with one attached hydrogen (secondary N) is 3. The maximum Gasteiger partial charge on any atom is 0.117 e. The molecule has 5 heteroatoms. The second-order valence-electron chi connectivity index (χ2n) is 5.33. The van der Waals surface area contributed by atoms with Gasteiger partial charge >= 0.3 is 0 Å². The minimum atomic E-state index is 0.146. The number of H-pyrrole nitrogens is 2. The number of para-hydroxylation sites is 2. The van der Waals surface area contributed by atoms with Crippen LogP contribution < -0.4 is 5.32 Å². The molecule has 102 valence electrons. The lowest BCUT2D eigenvalue weighted by atomic mass is 10.1. The van der Waals surface area contributed by atoms with Crippen LogP contribution in [0.4, 0.5) is 0 Å². The molecule has 20 heavy (non-hydrogen) atoms. The predicted molar refractivity (Wildman–Crippen MR) is 77.6 cm³/mol. The van der Waals surface area contributed by atoms with Crippen molar-refractivity contribution in [3.05, 3.63) is 47.3 Å². The van der Waals surface area contributed by atoms with Gasteiger partial charge in [0.25, 0.3) is 0 Å². The first-order valence-electron chi connectivity index (χ1n) is 7.04. The summed E-state index contributed by atoms with van der Waals surface area (Å²) in [5, 5.41) is 3.36. The maximum absolute atomic E-state index is 4.74. The quantitative estimate of drug-likeness (QED) is 0.666. The van der Waals surface area contributed by atoms with Gasteiger partial charge in [-0.2, -0.15) is 0 Å². The molecule has 5 nitrogen and oxygen atoms in total. The Bertz CT molecular complexity index is 698. The van der Waals surface area contributed by atoms with Gasteiger partial charge in [-0.3, -0.25) is 0 Å². The molecule has 0 aliphatic carbocycles. The molecule has 1 unspecified atom stereocenters. The molecule has 1 atom stereocenters. The Kier molecular flexibility index (Phi) is 2.60. The van der Waals surface area contributed by atoms with Gasteiger partial charge in [0.05, 0.1) is 28.3 Å². The number of hydrogen-bond donors (Lipinski definition) is 3. The van der Waals surface area contributed by atoms with Crippen molar-refractivity contribution in [3.8, 4) is 0 Å². The molecule has 4 rings (SSSR count). The van der Waals surface area contributed by atoms with Crippen LogP contribution in [-0.2, 0) is 13.0 Å². The maximum atomic E-state index is 4.74. The summed E-state index contributed by atoms with van der Waals surface area (Å²) >= 11 is 0. The molecule has 1 aliphatic rings. The molecule has 3 N–H and O–H groups in total. The van der Waals surface area contributed by atoms with Crippen LogP contribution in [0.3, 0.4) is 0 Å². The zero-order chi connectivity index (χ0) is 13.5. The Hall–Kier alpha value is -2.14. The minimum Gasteiger partial charge on any atom is -0.344 e. The Morgan fingerprint density at radius 1 is 1.10 bits per heavy atom. The first-order valence-corrected chi connectivity index (χ1v) is 7.04. The summed E-state index contributed by atoms with van der Waals surface area (Å²) in [6.07, 6.45) is 0.999. The first-order chi connectivity index (χ1) is 9.81. The fraction of sp³-hybridized carbons (Fsp3) is 0.333. The molecule has 0 saturated carbocycles. The van der Waals surface area contributed by atoms with Gasteiger partial charge in [-0.05, 0) is 19.1 Å². The van der Waals surface area contributed by atoms with Crippen LogP contribution in [0.5, 0.6) is 0 Å². The Morgan fingerprint density at radius 2 is 1.95 bits per heavy atom. The highest BCUT2D eigenvalue weighted by Gasteiger charge is 2.20. The first kappa shape index (κ1) is 11.7. The second-order valence-corrected chi connectivity index (χ2v) is 5.33. The smallest absolute Gasteiger partial charge is 0.117 e. The van der Waals surface area contributed by atoms with E-state index in [9.17, 15) is 0 Å². The molecule has 0 spiro atoms. The van der Waals surface area contributed by atoms with Crippen LogP contribution in [0.2, 0.25) is 0 Å². The number of nitrogens with zero attached hydrogens (tertiary/aromatic N) is 2. The van der Waals surface area contributed by atoms with Crippen molar-refractivity contribution >= 4 is 11.0 Å². The van der Waals surface area contributed by atoms with Crippen LogP contribution in [0.25, 0.3) is 11.0 Å². The normalized spacial score (nSPS) is 16.2. The molecule has 3 aromatic rings. The number of fused-ring (bicyclic) bond motifs is 2. The third-order valence-electron chi connectivity index (χ3n) is 3.95. The third kappa shape index (κ3) is 1.82. The van der Waals surface area contributed by atoms with E-state index in [0.29, 0.717) is 0 Å². The lowest BCUT2D eigenvalue weighted by Gasteiger charge is -2.09. The van der Waals surface area contributed by atoms with E-state index in [-0.39, 0.29) is 5.92 Å². The van der Waals surface area contributed by atoms with Gasteiger partial charge < -0.3 is 15.3 Å². The van der Waals surface area contributed by atoms with Gasteiger partial charge in [-0.25, -0.2) is 9.97 Å². The van der Waals surface area contributed by atoms with Crippen molar-refractivity contribution in [1.82, 2.24) is 25.3 Å². The molecule has 0 amide bonds. The number of aromatic amines is 2. The molecule has 0 saturated heterocycles. The lowest BCUT2D eigenvalue weighted by Crippen LogP contribution is -2.23. The molecule has 1 aliphatic heterocycles. The van der Waals surface area contributed by atoms with Crippen LogP contribution in [-0.4, -0.2) is 26.5 Å². The van der Waals surface area contributed by atoms with E-state index in [1.807, 2.05) is 18.2 Å². The fourth-order valence-electron chi connectivity index (χ4n) is 2.75. The van der Waals surface area contributed by atoms with Gasteiger partial charge in [0.15, 0.2) is 0 Å². The topological polar surface area (TPSA) is 69.4 Å². The predicted octanol–water partition coefficient (Wildman–Crippen LogP) is 2.08. The van der Waals surface area contributed by atoms with Crippen molar-refractivity contribution in [3.63, 3.8) is 0 Å². The summed E-state index contributed by atoms with van der Waals surface area (Å²) in [6, 6.07) is 8.11. The molecule has 2 aromatic heterocycles. The standard InChI is InChI=1S/C15H17N5/c1-9(14-17-10-4-2-3-5-11(10)18-14)15-19-12-6-7-16-8-13(12)20-15/h2-5,9,16H,6-8H2,1H3,(H,17,18)(H,19,20). The summed E-state index contributed by atoms with van der Waals surface area (Å²) in [6.45, 7) is 4.03. The Balaban J connectivity index is 1.72. The third-order valence-corrected chi connectivity index (χ3v) is 3.95. The van der Waals surface area contributed by atoms with Crippen molar-refractivity contribution < 1.29 is 0 Å². The summed E-state index contributed by atoms with van der Waals surface area (Å²) in [5.74, 6) is 2.11. The van der Waals surface area contributed by atoms with Crippen LogP contribution in [0.15, 0.2) is 24.3 Å². The average Bonchev–Trinajstić information content (AvgIpc) is 3.10. The van der Waals surface area contributed by atoms with E-state index in [4.69, 9.17) is 4.98 Å². The van der Waals surface area contributed by atoms with Crippen molar-refractivity contribution in [1.29, 1.82) is 0 Å². The molecular formula is C15H17N5. The number of hydrogen-bond acceptors (Lipinski definition) is 3. The highest BCUT2D eigenvalue weighted by atomic mass is 15.0. The van der Waals surface area contributed by atoms with Crippen molar-refractivity contribution in [2.45, 2.75) is 25.8 Å². The zero-order valence-corrected chi connectivity index (χ0v) is 11.4. The average molecular weight is 267 g/mol. The van der Waals surface area contributed by atoms with Gasteiger partial charge in [-0.1, -0.05) is 12.1 Å². The van der Waals surface area contributed by atoms with Crippen LogP contribution in [0, 0.1) is 0 Å². The monoisotopic (exact) mass is 267 g/mol. The Morgan fingerprint density at radius 3 is 2.80 bits per heavy atom. The molecule has 1 aromatic carbocycles. The number of rotatable bonds is 2. The van der Waals surface area contributed by atoms with E-state index in [0.717, 1.165) is 42.2 Å². The lowest BCUT2D eigenvalue weighted by molar-refractivity contribution is 0.627. The summed E-state index contributed by atoms with van der Waals surface area (Å²) < 4.78 is 0. The van der Waals surface area contributed by atoms with E-state index in [1.165, 1.54) is 11.4 Å². The number of imidazole rings is 2. The Labute approximate surface area is 116 Å². The van der Waals surface area contributed by atoms with Gasteiger partial charge in [-0.15, -0.1) is 0 Å². The van der Waals surface area contributed by atoms with Crippen molar-refractivity contribution in [2.75, 3.05) is 6.54 Å². The van der Waals surface area contributed by atoms with Gasteiger partial charge in [0.1, 0.15) is 11.6 Å². The number of aromatic nitrogens is 4. The van der Waals surface area contributed by atoms with Crippen LogP contribution in [0.1, 0.15) is 35.9 Å². The van der Waals surface area contributed by atoms with E-state index in [2.05, 4.69) is 33.3 Å². The molecular weight excluding hydrogens is 250 g/mol. The molecule has 3 heterocycles. The van der Waals surface area contributed by atoms with Crippen LogP contribution >= 0.6 is 0 Å².